The molecule has 2 rings (SSSR count). The summed E-state index contributed by atoms with van der Waals surface area (Å²) in [5.41, 5.74) is -0.856. The van der Waals surface area contributed by atoms with Gasteiger partial charge in [-0.3, -0.25) is 4.79 Å². The normalized spacial score (nSPS) is 40.3. The summed E-state index contributed by atoms with van der Waals surface area (Å²) < 4.78 is 5.13. The van der Waals surface area contributed by atoms with Crippen LogP contribution in [0.25, 0.3) is 0 Å². The molecule has 1 fully saturated rings. The van der Waals surface area contributed by atoms with Crippen LogP contribution in [0.15, 0.2) is 12.2 Å². The summed E-state index contributed by atoms with van der Waals surface area (Å²) in [4.78, 5) is 10.8. The SMILES string of the molecule is CC(=O)O[C@]1(C#N)C[C@H]2C=C[C@H]1C2. The molecule has 68 valence electrons. The van der Waals surface area contributed by atoms with E-state index in [4.69, 9.17) is 10.00 Å². The second kappa shape index (κ2) is 2.59. The Balaban J connectivity index is 2.24. The van der Waals surface area contributed by atoms with Gasteiger partial charge >= 0.3 is 5.97 Å². The van der Waals surface area contributed by atoms with Gasteiger partial charge in [0.25, 0.3) is 0 Å². The predicted molar refractivity (Wildman–Crippen MR) is 45.5 cm³/mol. The molecule has 0 aromatic carbocycles. The molecule has 3 atom stereocenters. The van der Waals surface area contributed by atoms with Crippen LogP contribution in [0.3, 0.4) is 0 Å². The fourth-order valence-corrected chi connectivity index (χ4v) is 2.34. The van der Waals surface area contributed by atoms with Crippen LogP contribution >= 0.6 is 0 Å². The highest BCUT2D eigenvalue weighted by molar-refractivity contribution is 5.67. The topological polar surface area (TPSA) is 50.1 Å². The summed E-state index contributed by atoms with van der Waals surface area (Å²) in [5.74, 6) is 0.193. The van der Waals surface area contributed by atoms with E-state index in [0.29, 0.717) is 12.3 Å². The fourth-order valence-electron chi connectivity index (χ4n) is 2.34. The van der Waals surface area contributed by atoms with Crippen molar-refractivity contribution in [1.82, 2.24) is 0 Å². The van der Waals surface area contributed by atoms with Gasteiger partial charge in [-0.1, -0.05) is 12.2 Å². The van der Waals surface area contributed by atoms with Gasteiger partial charge in [0.2, 0.25) is 5.60 Å². The van der Waals surface area contributed by atoms with Crippen LogP contribution in [0, 0.1) is 23.2 Å². The number of fused-ring (bicyclic) bond motifs is 2. The highest BCUT2D eigenvalue weighted by Crippen LogP contribution is 2.48. The van der Waals surface area contributed by atoms with E-state index in [1.807, 2.05) is 6.08 Å². The van der Waals surface area contributed by atoms with E-state index in [2.05, 4.69) is 12.1 Å². The molecule has 0 amide bonds. The molecule has 3 heteroatoms. The van der Waals surface area contributed by atoms with Gasteiger partial charge in [-0.2, -0.15) is 5.26 Å². The lowest BCUT2D eigenvalue weighted by molar-refractivity contribution is -0.153. The Morgan fingerprint density at radius 1 is 1.69 bits per heavy atom. The first-order valence-corrected chi connectivity index (χ1v) is 4.45. The van der Waals surface area contributed by atoms with Gasteiger partial charge in [0.15, 0.2) is 0 Å². The van der Waals surface area contributed by atoms with Gasteiger partial charge in [-0.15, -0.1) is 0 Å². The van der Waals surface area contributed by atoms with Gasteiger partial charge in [0.05, 0.1) is 0 Å². The molecule has 0 aliphatic heterocycles. The van der Waals surface area contributed by atoms with E-state index < -0.39 is 5.60 Å². The molecule has 0 N–H and O–H groups in total. The minimum absolute atomic E-state index is 0.117. The van der Waals surface area contributed by atoms with E-state index in [-0.39, 0.29) is 11.9 Å². The van der Waals surface area contributed by atoms with Crippen molar-refractivity contribution in [2.45, 2.75) is 25.4 Å². The van der Waals surface area contributed by atoms with Gasteiger partial charge < -0.3 is 4.74 Å². The number of hydrogen-bond donors (Lipinski definition) is 0. The quantitative estimate of drug-likeness (QED) is 0.449. The fraction of sp³-hybridized carbons (Fsp3) is 0.600. The maximum absolute atomic E-state index is 10.8. The zero-order chi connectivity index (χ0) is 9.47. The smallest absolute Gasteiger partial charge is 0.304 e. The molecule has 2 bridgehead atoms. The van der Waals surface area contributed by atoms with Crippen molar-refractivity contribution in [3.8, 4) is 6.07 Å². The Hall–Kier alpha value is -1.30. The van der Waals surface area contributed by atoms with Crippen molar-refractivity contribution in [1.29, 1.82) is 5.26 Å². The summed E-state index contributed by atoms with van der Waals surface area (Å²) in [6.45, 7) is 1.36. The van der Waals surface area contributed by atoms with Gasteiger partial charge in [-0.25, -0.2) is 0 Å². The number of hydrogen-bond acceptors (Lipinski definition) is 3. The molecule has 13 heavy (non-hydrogen) atoms. The zero-order valence-electron chi connectivity index (χ0n) is 7.49. The molecule has 2 aliphatic carbocycles. The number of allylic oxidation sites excluding steroid dienone is 1. The van der Waals surface area contributed by atoms with Crippen LogP contribution in [-0.4, -0.2) is 11.6 Å². The molecule has 0 radical (unpaired) electrons. The standard InChI is InChI=1S/C10H11NO2/c1-7(12)13-10(6-11)5-8-2-3-9(10)4-8/h2-3,8-9H,4-5H2,1H3/t8-,9-,10-/m0/s1. The molecule has 0 saturated heterocycles. The number of esters is 1. The van der Waals surface area contributed by atoms with Crippen molar-refractivity contribution in [3.63, 3.8) is 0 Å². The number of rotatable bonds is 1. The molecule has 0 aromatic heterocycles. The average Bonchev–Trinajstić information content (AvgIpc) is 2.62. The van der Waals surface area contributed by atoms with Crippen LogP contribution in [0.2, 0.25) is 0 Å². The molecule has 0 aromatic rings. The van der Waals surface area contributed by atoms with Crippen molar-refractivity contribution < 1.29 is 9.53 Å². The molecule has 0 unspecified atom stereocenters. The third-order valence-electron chi connectivity index (χ3n) is 2.85. The third kappa shape index (κ3) is 1.14. The first kappa shape index (κ1) is 8.31. The van der Waals surface area contributed by atoms with Crippen LogP contribution < -0.4 is 0 Å². The summed E-state index contributed by atoms with van der Waals surface area (Å²) in [5, 5.41) is 9.03. The molecular weight excluding hydrogens is 166 g/mol. The minimum atomic E-state index is -0.856. The van der Waals surface area contributed by atoms with Crippen LogP contribution in [0.4, 0.5) is 0 Å². The second-order valence-corrected chi connectivity index (χ2v) is 3.79. The van der Waals surface area contributed by atoms with Crippen molar-refractivity contribution in [2.24, 2.45) is 11.8 Å². The van der Waals surface area contributed by atoms with E-state index in [0.717, 1.165) is 6.42 Å². The number of nitriles is 1. The zero-order valence-corrected chi connectivity index (χ0v) is 7.49. The van der Waals surface area contributed by atoms with Crippen molar-refractivity contribution in [2.75, 3.05) is 0 Å². The molecule has 2 aliphatic rings. The molecule has 0 spiro atoms. The minimum Gasteiger partial charge on any atom is -0.443 e. The molecule has 3 nitrogen and oxygen atoms in total. The molecule has 1 saturated carbocycles. The second-order valence-electron chi connectivity index (χ2n) is 3.79. The lowest BCUT2D eigenvalue weighted by atomic mass is 9.89. The first-order chi connectivity index (χ1) is 6.16. The highest BCUT2D eigenvalue weighted by Gasteiger charge is 2.51. The average molecular weight is 177 g/mol. The Morgan fingerprint density at radius 3 is 2.85 bits per heavy atom. The lowest BCUT2D eigenvalue weighted by Crippen LogP contribution is -2.36. The van der Waals surface area contributed by atoms with Crippen LogP contribution in [-0.2, 0) is 9.53 Å². The van der Waals surface area contributed by atoms with Gasteiger partial charge in [-0.05, 0) is 12.3 Å². The van der Waals surface area contributed by atoms with Crippen LogP contribution in [0.5, 0.6) is 0 Å². The van der Waals surface area contributed by atoms with E-state index in [1.54, 1.807) is 0 Å². The monoisotopic (exact) mass is 177 g/mol. The van der Waals surface area contributed by atoms with Crippen molar-refractivity contribution in [3.05, 3.63) is 12.2 Å². The summed E-state index contributed by atoms with van der Waals surface area (Å²) in [7, 11) is 0. The Labute approximate surface area is 77.0 Å². The Bertz CT molecular complexity index is 315. The number of carbonyl (C=O) groups excluding carboxylic acids is 1. The van der Waals surface area contributed by atoms with E-state index >= 15 is 0 Å². The van der Waals surface area contributed by atoms with E-state index in [1.165, 1.54) is 6.92 Å². The third-order valence-corrected chi connectivity index (χ3v) is 2.85. The maximum Gasteiger partial charge on any atom is 0.304 e. The predicted octanol–water partition coefficient (Wildman–Crippen LogP) is 1.41. The maximum atomic E-state index is 10.8. The highest BCUT2D eigenvalue weighted by atomic mass is 16.6. The van der Waals surface area contributed by atoms with Gasteiger partial charge in [0.1, 0.15) is 6.07 Å². The molecule has 0 heterocycles. The Morgan fingerprint density at radius 2 is 2.46 bits per heavy atom. The summed E-state index contributed by atoms with van der Waals surface area (Å²) >= 11 is 0. The summed E-state index contributed by atoms with van der Waals surface area (Å²) in [6, 6.07) is 2.15. The number of carbonyl (C=O) groups is 1. The first-order valence-electron chi connectivity index (χ1n) is 4.45. The summed E-state index contributed by atoms with van der Waals surface area (Å²) in [6.07, 6.45) is 5.75. The Kier molecular flexibility index (Phi) is 1.66. The van der Waals surface area contributed by atoms with E-state index in [9.17, 15) is 4.79 Å². The largest absolute Gasteiger partial charge is 0.443 e. The van der Waals surface area contributed by atoms with Crippen LogP contribution in [0.1, 0.15) is 19.8 Å². The number of nitrogens with zero attached hydrogens (tertiary/aromatic N) is 1. The molecular formula is C10H11NO2. The van der Waals surface area contributed by atoms with Gasteiger partial charge in [0, 0.05) is 19.3 Å². The number of ether oxygens (including phenoxy) is 1. The van der Waals surface area contributed by atoms with Crippen molar-refractivity contribution >= 4 is 5.97 Å². The lowest BCUT2D eigenvalue weighted by Gasteiger charge is -2.27.